The second kappa shape index (κ2) is 8.80. The quantitative estimate of drug-likeness (QED) is 0.491. The molecule has 0 fully saturated rings. The number of benzene rings is 3. The summed E-state index contributed by atoms with van der Waals surface area (Å²) in [6.07, 6.45) is 0. The maximum atomic E-state index is 14.3. The van der Waals surface area contributed by atoms with Gasteiger partial charge < -0.3 is 15.2 Å². The zero-order valence-electron chi connectivity index (χ0n) is 18.6. The topological polar surface area (TPSA) is 106 Å². The lowest BCUT2D eigenvalue weighted by molar-refractivity contribution is 0.357. The van der Waals surface area contributed by atoms with Crippen molar-refractivity contribution in [1.82, 2.24) is 0 Å². The van der Waals surface area contributed by atoms with Gasteiger partial charge in [-0.1, -0.05) is 58.4 Å². The number of rotatable bonds is 4. The molecule has 0 radical (unpaired) electrons. The van der Waals surface area contributed by atoms with Gasteiger partial charge in [-0.3, -0.25) is 4.31 Å². The first-order valence-electron chi connectivity index (χ1n) is 10.7. The van der Waals surface area contributed by atoms with Crippen molar-refractivity contribution >= 4 is 37.4 Å². The van der Waals surface area contributed by atoms with Crippen molar-refractivity contribution in [3.63, 3.8) is 0 Å². The molecule has 0 aliphatic carbocycles. The Kier molecular flexibility index (Phi) is 5.79. The predicted molar refractivity (Wildman–Crippen MR) is 136 cm³/mol. The molecule has 5 rings (SSSR count). The zero-order valence-corrected chi connectivity index (χ0v) is 21.0. The Labute approximate surface area is 211 Å². The molecular formula is C26H20BrN3O4S. The molecule has 1 atom stereocenters. The van der Waals surface area contributed by atoms with E-state index in [4.69, 9.17) is 15.2 Å². The lowest BCUT2D eigenvalue weighted by Crippen LogP contribution is -2.39. The number of hydrogen-bond acceptors (Lipinski definition) is 6. The highest BCUT2D eigenvalue weighted by Crippen LogP contribution is 2.52. The van der Waals surface area contributed by atoms with Crippen LogP contribution in [0.1, 0.15) is 22.6 Å². The van der Waals surface area contributed by atoms with E-state index in [2.05, 4.69) is 22.0 Å². The van der Waals surface area contributed by atoms with E-state index in [1.54, 1.807) is 55.6 Å². The standard InChI is InChI=1S/C26H20BrN3O4S/c1-33-17-8-6-7-16(13-17)15-30-22-12-5-3-10-19(22)24-25(35(30,31)32)23(20(14-28)26(29)34-24)18-9-2-4-11-21(18)27/h2-13,23H,15,29H2,1H3. The van der Waals surface area contributed by atoms with Crippen LogP contribution in [0.5, 0.6) is 5.75 Å². The summed E-state index contributed by atoms with van der Waals surface area (Å²) in [5.74, 6) is -0.289. The first-order chi connectivity index (χ1) is 16.9. The minimum Gasteiger partial charge on any atom is -0.497 e. The molecular weight excluding hydrogens is 530 g/mol. The van der Waals surface area contributed by atoms with E-state index in [9.17, 15) is 13.7 Å². The largest absolute Gasteiger partial charge is 0.497 e. The van der Waals surface area contributed by atoms with E-state index in [-0.39, 0.29) is 28.7 Å². The normalized spacial score (nSPS) is 18.3. The lowest BCUT2D eigenvalue weighted by Gasteiger charge is -2.38. The lowest BCUT2D eigenvalue weighted by atomic mass is 9.88. The second-order valence-corrected chi connectivity index (χ2v) is 10.7. The van der Waals surface area contributed by atoms with E-state index >= 15 is 0 Å². The van der Waals surface area contributed by atoms with Crippen LogP contribution in [0.2, 0.25) is 0 Å². The molecule has 9 heteroatoms. The highest BCUT2D eigenvalue weighted by atomic mass is 79.9. The number of halogens is 1. The number of allylic oxidation sites excluding steroid dienone is 2. The van der Waals surface area contributed by atoms with Crippen molar-refractivity contribution < 1.29 is 17.9 Å². The Balaban J connectivity index is 1.76. The number of anilines is 1. The Morgan fingerprint density at radius 1 is 1.11 bits per heavy atom. The summed E-state index contributed by atoms with van der Waals surface area (Å²) in [6.45, 7) is 0.0666. The third-order valence-corrected chi connectivity index (χ3v) is 8.64. The van der Waals surface area contributed by atoms with E-state index in [1.807, 2.05) is 24.3 Å². The first-order valence-corrected chi connectivity index (χ1v) is 12.9. The van der Waals surface area contributed by atoms with Crippen molar-refractivity contribution in [2.45, 2.75) is 12.5 Å². The third kappa shape index (κ3) is 3.75. The molecule has 2 heterocycles. The zero-order chi connectivity index (χ0) is 24.7. The molecule has 35 heavy (non-hydrogen) atoms. The smallest absolute Gasteiger partial charge is 0.265 e. The molecule has 2 N–H and O–H groups in total. The number of nitrogens with zero attached hydrogens (tertiary/aromatic N) is 2. The summed E-state index contributed by atoms with van der Waals surface area (Å²) in [6, 6.07) is 23.6. The van der Waals surface area contributed by atoms with Crippen LogP contribution in [0, 0.1) is 11.3 Å². The molecule has 0 amide bonds. The van der Waals surface area contributed by atoms with Crippen LogP contribution in [0.25, 0.3) is 5.76 Å². The van der Waals surface area contributed by atoms with Crippen LogP contribution in [0.15, 0.2) is 93.6 Å². The summed E-state index contributed by atoms with van der Waals surface area (Å²) in [7, 11) is -2.59. The van der Waals surface area contributed by atoms with Gasteiger partial charge in [-0.15, -0.1) is 0 Å². The summed E-state index contributed by atoms with van der Waals surface area (Å²) < 4.78 is 41.8. The van der Waals surface area contributed by atoms with Crippen molar-refractivity contribution in [2.75, 3.05) is 11.4 Å². The number of hydrogen-bond donors (Lipinski definition) is 1. The summed E-state index contributed by atoms with van der Waals surface area (Å²) in [5.41, 5.74) is 8.61. The van der Waals surface area contributed by atoms with Gasteiger partial charge in [0.15, 0.2) is 5.76 Å². The van der Waals surface area contributed by atoms with Crippen LogP contribution in [0.4, 0.5) is 5.69 Å². The van der Waals surface area contributed by atoms with Crippen molar-refractivity contribution in [3.8, 4) is 11.8 Å². The monoisotopic (exact) mass is 549 g/mol. The summed E-state index contributed by atoms with van der Waals surface area (Å²) in [4.78, 5) is -0.0169. The molecule has 7 nitrogen and oxygen atoms in total. The van der Waals surface area contributed by atoms with E-state index in [0.29, 0.717) is 27.0 Å². The van der Waals surface area contributed by atoms with Crippen molar-refractivity contribution in [3.05, 3.63) is 110 Å². The fraction of sp³-hybridized carbons (Fsp3) is 0.115. The Bertz CT molecular complexity index is 1560. The van der Waals surface area contributed by atoms with Crippen molar-refractivity contribution in [1.29, 1.82) is 5.26 Å². The molecule has 3 aromatic rings. The highest BCUT2D eigenvalue weighted by Gasteiger charge is 2.47. The minimum absolute atomic E-state index is 0.0169. The number of methoxy groups -OCH3 is 1. The molecule has 1 unspecified atom stereocenters. The van der Waals surface area contributed by atoms with Crippen molar-refractivity contribution in [2.24, 2.45) is 5.73 Å². The molecule has 2 aliphatic heterocycles. The SMILES string of the molecule is COc1cccc(CN2c3ccccc3C3=C(C(c4ccccc4Br)C(C#N)=C(N)O3)S2(=O)=O)c1. The number of para-hydroxylation sites is 1. The summed E-state index contributed by atoms with van der Waals surface area (Å²) in [5, 5.41) is 9.97. The van der Waals surface area contributed by atoms with Gasteiger partial charge in [0.2, 0.25) is 5.88 Å². The molecule has 176 valence electrons. The second-order valence-electron chi connectivity index (χ2n) is 8.02. The summed E-state index contributed by atoms with van der Waals surface area (Å²) >= 11 is 3.52. The maximum absolute atomic E-state index is 14.3. The fourth-order valence-corrected chi connectivity index (χ4v) is 6.85. The first kappa shape index (κ1) is 23.0. The third-order valence-electron chi connectivity index (χ3n) is 6.03. The molecule has 0 spiro atoms. The van der Waals surface area contributed by atoms with E-state index < -0.39 is 15.9 Å². The van der Waals surface area contributed by atoms with Gasteiger partial charge in [-0.2, -0.15) is 5.26 Å². The Morgan fingerprint density at radius 2 is 1.86 bits per heavy atom. The van der Waals surface area contributed by atoms with E-state index in [1.165, 1.54) is 4.31 Å². The van der Waals surface area contributed by atoms with E-state index in [0.717, 1.165) is 5.56 Å². The van der Waals surface area contributed by atoms with Gasteiger partial charge in [0.1, 0.15) is 22.3 Å². The minimum atomic E-state index is -4.15. The number of nitrogens with two attached hydrogens (primary N) is 1. The van der Waals surface area contributed by atoms with Crippen LogP contribution in [-0.2, 0) is 21.3 Å². The van der Waals surface area contributed by atoms with Gasteiger partial charge in [-0.25, -0.2) is 8.42 Å². The number of fused-ring (bicyclic) bond motifs is 2. The van der Waals surface area contributed by atoms with Crippen LogP contribution in [0.3, 0.4) is 0 Å². The molecule has 0 saturated carbocycles. The molecule has 0 saturated heterocycles. The predicted octanol–water partition coefficient (Wildman–Crippen LogP) is 4.98. The Morgan fingerprint density at radius 3 is 2.60 bits per heavy atom. The van der Waals surface area contributed by atoms with Gasteiger partial charge in [0, 0.05) is 10.0 Å². The van der Waals surface area contributed by atoms with Crippen LogP contribution in [-0.4, -0.2) is 15.5 Å². The van der Waals surface area contributed by atoms with Crippen LogP contribution >= 0.6 is 15.9 Å². The molecule has 3 aromatic carbocycles. The molecule has 2 aliphatic rings. The van der Waals surface area contributed by atoms with Crippen LogP contribution < -0.4 is 14.8 Å². The van der Waals surface area contributed by atoms with Gasteiger partial charge in [0.05, 0.1) is 25.3 Å². The average molecular weight is 550 g/mol. The fourth-order valence-electron chi connectivity index (χ4n) is 4.44. The number of nitriles is 1. The maximum Gasteiger partial charge on any atom is 0.265 e. The number of ether oxygens (including phenoxy) is 2. The average Bonchev–Trinajstić information content (AvgIpc) is 2.86. The van der Waals surface area contributed by atoms with Gasteiger partial charge in [-0.05, 0) is 41.5 Å². The van der Waals surface area contributed by atoms with Gasteiger partial charge >= 0.3 is 0 Å². The molecule has 0 bridgehead atoms. The molecule has 0 aromatic heterocycles. The Hall–Kier alpha value is -3.74. The number of sulfonamides is 1. The highest BCUT2D eigenvalue weighted by molar-refractivity contribution is 9.10. The van der Waals surface area contributed by atoms with Gasteiger partial charge in [0.25, 0.3) is 10.0 Å².